The second-order valence-electron chi connectivity index (χ2n) is 9.20. The van der Waals surface area contributed by atoms with E-state index in [9.17, 15) is 13.9 Å². The molecule has 0 fully saturated rings. The number of aliphatic hydroxyl groups is 1. The van der Waals surface area contributed by atoms with E-state index in [1.807, 2.05) is 0 Å². The van der Waals surface area contributed by atoms with E-state index in [-0.39, 0.29) is 24.3 Å². The third-order valence-electron chi connectivity index (χ3n) is 5.81. The fourth-order valence-corrected chi connectivity index (χ4v) is 3.98. The van der Waals surface area contributed by atoms with Crippen molar-refractivity contribution in [3.63, 3.8) is 0 Å². The summed E-state index contributed by atoms with van der Waals surface area (Å²) >= 11 is 0. The van der Waals surface area contributed by atoms with Gasteiger partial charge in [-0.1, -0.05) is 39.3 Å². The Balaban J connectivity index is 2.10. The summed E-state index contributed by atoms with van der Waals surface area (Å²) in [4.78, 5) is 5.50. The van der Waals surface area contributed by atoms with Gasteiger partial charge in [-0.25, -0.2) is 8.78 Å². The minimum Gasteiger partial charge on any atom is -0.392 e. The first-order chi connectivity index (χ1) is 16.8. The molecular weight excluding hydrogens is 452 g/mol. The molecule has 0 aliphatic carbocycles. The minimum absolute atomic E-state index is 0.137. The van der Waals surface area contributed by atoms with Crippen molar-refractivity contribution in [3.8, 4) is 11.1 Å². The molecule has 2 aromatic rings. The molecule has 2 rings (SSSR count). The molecule has 0 aliphatic heterocycles. The molecule has 2 atom stereocenters. The Morgan fingerprint density at radius 1 is 1.09 bits per heavy atom. The third kappa shape index (κ3) is 9.10. The predicted molar refractivity (Wildman–Crippen MR) is 137 cm³/mol. The van der Waals surface area contributed by atoms with E-state index in [1.54, 1.807) is 6.07 Å². The molecule has 0 radical (unpaired) electrons. The molecule has 0 bridgehead atoms. The fraction of sp³-hybridized carbons (Fsp3) is 0.538. The number of nitrogens with two attached hydrogens (primary N) is 2. The van der Waals surface area contributed by atoms with Gasteiger partial charge in [-0.2, -0.15) is 5.48 Å². The van der Waals surface area contributed by atoms with E-state index in [0.29, 0.717) is 48.0 Å². The summed E-state index contributed by atoms with van der Waals surface area (Å²) in [5.74, 6) is -0.338. The first-order valence-electron chi connectivity index (χ1n) is 12.3. The van der Waals surface area contributed by atoms with Gasteiger partial charge in [0, 0.05) is 23.4 Å². The molecule has 196 valence electrons. The zero-order chi connectivity index (χ0) is 25.8. The first kappa shape index (κ1) is 29.1. The second-order valence-corrected chi connectivity index (χ2v) is 9.20. The topological polar surface area (TPSA) is 118 Å². The van der Waals surface area contributed by atoms with E-state index in [2.05, 4.69) is 36.9 Å². The molecule has 0 saturated carbocycles. The van der Waals surface area contributed by atoms with Crippen LogP contribution in [0.4, 0.5) is 14.5 Å². The highest BCUT2D eigenvalue weighted by atomic mass is 19.1. The van der Waals surface area contributed by atoms with Crippen molar-refractivity contribution in [2.75, 3.05) is 25.1 Å². The lowest BCUT2D eigenvalue weighted by atomic mass is 9.96. The lowest BCUT2D eigenvalue weighted by Crippen LogP contribution is -2.45. The van der Waals surface area contributed by atoms with Crippen molar-refractivity contribution in [3.05, 3.63) is 53.1 Å². The van der Waals surface area contributed by atoms with Crippen LogP contribution in [0.25, 0.3) is 11.1 Å². The maximum Gasteiger partial charge on any atom is 0.129 e. The average molecular weight is 494 g/mol. The van der Waals surface area contributed by atoms with Crippen LogP contribution in [-0.2, 0) is 18.0 Å². The Bertz CT molecular complexity index is 914. The highest BCUT2D eigenvalue weighted by molar-refractivity contribution is 5.80. The Kier molecular flexibility index (Phi) is 12.5. The van der Waals surface area contributed by atoms with Crippen LogP contribution < -0.4 is 27.6 Å². The number of hydrogen-bond acceptors (Lipinski definition) is 7. The van der Waals surface area contributed by atoms with Crippen LogP contribution in [0.3, 0.4) is 0 Å². The molecule has 0 aromatic heterocycles. The summed E-state index contributed by atoms with van der Waals surface area (Å²) in [6.45, 7) is 7.68. The lowest BCUT2D eigenvalue weighted by molar-refractivity contribution is -0.0130. The van der Waals surface area contributed by atoms with Crippen LogP contribution in [0.1, 0.15) is 51.2 Å². The monoisotopic (exact) mass is 493 g/mol. The molecule has 35 heavy (non-hydrogen) atoms. The predicted octanol–water partition coefficient (Wildman–Crippen LogP) is 3.81. The summed E-state index contributed by atoms with van der Waals surface area (Å²) in [7, 11) is 0. The number of hydroxylamine groups is 1. The largest absolute Gasteiger partial charge is 0.392 e. The number of nitrogens with one attached hydrogen (secondary N) is 3. The van der Waals surface area contributed by atoms with Crippen molar-refractivity contribution >= 4 is 5.69 Å². The van der Waals surface area contributed by atoms with Crippen LogP contribution in [0.15, 0.2) is 30.3 Å². The van der Waals surface area contributed by atoms with Gasteiger partial charge in [-0.15, -0.1) is 0 Å². The van der Waals surface area contributed by atoms with Gasteiger partial charge in [0.1, 0.15) is 11.6 Å². The normalized spacial score (nSPS) is 13.3. The lowest BCUT2D eigenvalue weighted by Gasteiger charge is -2.25. The quantitative estimate of drug-likeness (QED) is 0.120. The summed E-state index contributed by atoms with van der Waals surface area (Å²) in [6.07, 6.45) is 2.51. The Hall–Kier alpha value is -2.14. The van der Waals surface area contributed by atoms with Gasteiger partial charge in [0.25, 0.3) is 0 Å². The Labute approximate surface area is 207 Å². The van der Waals surface area contributed by atoms with E-state index in [4.69, 9.17) is 16.3 Å². The maximum absolute atomic E-state index is 14.5. The fourth-order valence-electron chi connectivity index (χ4n) is 3.98. The van der Waals surface area contributed by atoms with Gasteiger partial charge in [0.05, 0.1) is 26.0 Å². The molecule has 2 aromatic carbocycles. The Morgan fingerprint density at radius 3 is 2.49 bits per heavy atom. The van der Waals surface area contributed by atoms with Crippen LogP contribution in [0.2, 0.25) is 0 Å². The zero-order valence-electron chi connectivity index (χ0n) is 21.0. The molecule has 0 saturated heterocycles. The van der Waals surface area contributed by atoms with Crippen LogP contribution >= 0.6 is 0 Å². The number of halogens is 2. The van der Waals surface area contributed by atoms with Crippen molar-refractivity contribution < 1.29 is 18.7 Å². The first-order valence-corrected chi connectivity index (χ1v) is 12.3. The number of anilines is 1. The van der Waals surface area contributed by atoms with Crippen molar-refractivity contribution in [1.29, 1.82) is 0 Å². The maximum atomic E-state index is 14.5. The summed E-state index contributed by atoms with van der Waals surface area (Å²) in [6, 6.07) is 7.25. The van der Waals surface area contributed by atoms with Gasteiger partial charge in [-0.3, -0.25) is 0 Å². The minimum atomic E-state index is -0.545. The summed E-state index contributed by atoms with van der Waals surface area (Å²) in [5, 5.41) is 15.7. The highest BCUT2D eigenvalue weighted by Gasteiger charge is 2.18. The number of hydrogen-bond donors (Lipinski definition) is 6. The van der Waals surface area contributed by atoms with E-state index < -0.39 is 18.2 Å². The zero-order valence-corrected chi connectivity index (χ0v) is 21.0. The van der Waals surface area contributed by atoms with Crippen LogP contribution in [0, 0.1) is 23.5 Å². The van der Waals surface area contributed by atoms with Crippen molar-refractivity contribution in [2.24, 2.45) is 23.3 Å². The molecule has 0 heterocycles. The van der Waals surface area contributed by atoms with Crippen molar-refractivity contribution in [1.82, 2.24) is 10.8 Å². The van der Waals surface area contributed by atoms with Gasteiger partial charge < -0.3 is 32.0 Å². The van der Waals surface area contributed by atoms with Gasteiger partial charge in [0.15, 0.2) is 0 Å². The van der Waals surface area contributed by atoms with E-state index in [1.165, 1.54) is 24.3 Å². The summed E-state index contributed by atoms with van der Waals surface area (Å²) < 4.78 is 28.8. The molecule has 9 heteroatoms. The van der Waals surface area contributed by atoms with Gasteiger partial charge >= 0.3 is 0 Å². The van der Waals surface area contributed by atoms with Gasteiger partial charge in [-0.05, 0) is 60.5 Å². The number of rotatable bonds is 16. The summed E-state index contributed by atoms with van der Waals surface area (Å²) in [5.41, 5.74) is 17.5. The molecule has 0 amide bonds. The number of benzene rings is 2. The SMILES string of the molecule is CCCC(CCNCc1cc(F)cc(-c2ccc(CO)c(F)c2)c1NCN)C(N)NOCC(C)C. The molecular formula is C26H41F2N5O2. The highest BCUT2D eigenvalue weighted by Crippen LogP contribution is 2.33. The van der Waals surface area contributed by atoms with Crippen LogP contribution in [-0.4, -0.2) is 31.1 Å². The molecule has 0 spiro atoms. The molecule has 7 nitrogen and oxygen atoms in total. The average Bonchev–Trinajstić information content (AvgIpc) is 2.82. The second kappa shape index (κ2) is 15.1. The Morgan fingerprint density at radius 2 is 1.86 bits per heavy atom. The van der Waals surface area contributed by atoms with Crippen LogP contribution in [0.5, 0.6) is 0 Å². The smallest absolute Gasteiger partial charge is 0.129 e. The van der Waals surface area contributed by atoms with Gasteiger partial charge in [0.2, 0.25) is 0 Å². The molecule has 0 aliphatic rings. The van der Waals surface area contributed by atoms with E-state index in [0.717, 1.165) is 19.3 Å². The number of aliphatic hydroxyl groups excluding tert-OH is 1. The van der Waals surface area contributed by atoms with Crippen molar-refractivity contribution in [2.45, 2.75) is 59.4 Å². The molecule has 8 N–H and O–H groups in total. The third-order valence-corrected chi connectivity index (χ3v) is 5.81. The standard InChI is InChI=1S/C26H41F2N5O2/c1-4-5-18(26(30)33-35-15-17(2)3)8-9-31-13-21-10-22(27)12-23(25(21)32-16-29)19-6-7-20(14-34)24(28)11-19/h6-7,10-12,17-18,26,31-34H,4-5,8-9,13-16,29-30H2,1-3H3. The molecule has 2 unspecified atom stereocenters. The van der Waals surface area contributed by atoms with E-state index >= 15 is 0 Å².